The summed E-state index contributed by atoms with van der Waals surface area (Å²) >= 11 is 0. The van der Waals surface area contributed by atoms with E-state index in [1.165, 1.54) is 4.57 Å². The summed E-state index contributed by atoms with van der Waals surface area (Å²) in [6.45, 7) is 3.59. The van der Waals surface area contributed by atoms with Gasteiger partial charge in [-0.3, -0.25) is 14.3 Å². The van der Waals surface area contributed by atoms with Gasteiger partial charge in [0.05, 0.1) is 5.56 Å². The molecule has 0 saturated heterocycles. The van der Waals surface area contributed by atoms with Gasteiger partial charge in [-0.1, -0.05) is 0 Å². The van der Waals surface area contributed by atoms with Gasteiger partial charge >= 0.3 is 5.69 Å². The summed E-state index contributed by atoms with van der Waals surface area (Å²) < 4.78 is 27.8. The summed E-state index contributed by atoms with van der Waals surface area (Å²) in [5.74, 6) is -1.90. The van der Waals surface area contributed by atoms with Gasteiger partial charge in [-0.05, 0) is 45.4 Å². The number of aromatic amines is 1. The molecule has 1 fully saturated rings. The Labute approximate surface area is 133 Å². The van der Waals surface area contributed by atoms with Crippen molar-refractivity contribution >= 4 is 5.82 Å². The first kappa shape index (κ1) is 16.2. The predicted octanol–water partition coefficient (Wildman–Crippen LogP) is 2.67. The minimum Gasteiger partial charge on any atom is -0.368 e. The number of H-pyrrole nitrogens is 1. The molecule has 128 valence electrons. The van der Waals surface area contributed by atoms with Crippen LogP contribution in [0.1, 0.15) is 57.6 Å². The van der Waals surface area contributed by atoms with Crippen LogP contribution < -0.4 is 16.6 Å². The number of aromatic nitrogens is 2. The van der Waals surface area contributed by atoms with Gasteiger partial charge in [0, 0.05) is 24.9 Å². The van der Waals surface area contributed by atoms with Crippen LogP contribution in [0.15, 0.2) is 9.59 Å². The summed E-state index contributed by atoms with van der Waals surface area (Å²) in [5.41, 5.74) is -0.0809. The van der Waals surface area contributed by atoms with Crippen LogP contribution in [0.5, 0.6) is 0 Å². The molecule has 0 spiro atoms. The molecule has 2 aliphatic rings. The monoisotopic (exact) mass is 327 g/mol. The Morgan fingerprint density at radius 3 is 2.43 bits per heavy atom. The second kappa shape index (κ2) is 5.76. The predicted molar refractivity (Wildman–Crippen MR) is 84.3 cm³/mol. The number of alkyl halides is 2. The van der Waals surface area contributed by atoms with E-state index in [9.17, 15) is 18.4 Å². The molecule has 7 heteroatoms. The molecule has 23 heavy (non-hydrogen) atoms. The van der Waals surface area contributed by atoms with E-state index >= 15 is 0 Å². The number of fused-ring (bicyclic) bond motifs is 1. The normalized spacial score (nSPS) is 24.3. The lowest BCUT2D eigenvalue weighted by Crippen LogP contribution is -2.44. The molecule has 1 aromatic heterocycles. The van der Waals surface area contributed by atoms with E-state index < -0.39 is 11.6 Å². The van der Waals surface area contributed by atoms with Crippen molar-refractivity contribution in [3.8, 4) is 0 Å². The van der Waals surface area contributed by atoms with Gasteiger partial charge in [0.15, 0.2) is 0 Å². The topological polar surface area (TPSA) is 66.9 Å². The summed E-state index contributed by atoms with van der Waals surface area (Å²) in [6, 6.07) is -0.154. The molecule has 1 aromatic rings. The Morgan fingerprint density at radius 2 is 1.83 bits per heavy atom. The number of halogens is 2. The zero-order chi connectivity index (χ0) is 16.8. The van der Waals surface area contributed by atoms with Crippen LogP contribution in [-0.4, -0.2) is 21.5 Å². The highest BCUT2D eigenvalue weighted by Crippen LogP contribution is 2.39. The maximum Gasteiger partial charge on any atom is 0.330 e. The van der Waals surface area contributed by atoms with Crippen LogP contribution in [0.4, 0.5) is 14.6 Å². The van der Waals surface area contributed by atoms with E-state index in [0.717, 1.165) is 6.42 Å². The van der Waals surface area contributed by atoms with Gasteiger partial charge in [-0.15, -0.1) is 0 Å². The summed E-state index contributed by atoms with van der Waals surface area (Å²) in [7, 11) is 0. The molecular formula is C16H23F2N3O2. The third kappa shape index (κ3) is 3.05. The molecule has 0 radical (unpaired) electrons. The van der Waals surface area contributed by atoms with Crippen molar-refractivity contribution in [2.45, 2.75) is 70.4 Å². The van der Waals surface area contributed by atoms with E-state index in [1.54, 1.807) is 13.8 Å². The summed E-state index contributed by atoms with van der Waals surface area (Å²) in [5, 5.41) is 3.23. The van der Waals surface area contributed by atoms with Crippen LogP contribution in [0.3, 0.4) is 0 Å². The third-order valence-corrected chi connectivity index (χ3v) is 5.11. The van der Waals surface area contributed by atoms with E-state index in [-0.39, 0.29) is 36.4 Å². The largest absolute Gasteiger partial charge is 0.368 e. The Morgan fingerprint density at radius 1 is 1.17 bits per heavy atom. The lowest BCUT2D eigenvalue weighted by Gasteiger charge is -2.37. The molecule has 1 aliphatic carbocycles. The first-order valence-corrected chi connectivity index (χ1v) is 8.30. The number of nitrogens with one attached hydrogen (secondary N) is 2. The zero-order valence-electron chi connectivity index (χ0n) is 13.5. The van der Waals surface area contributed by atoms with Crippen LogP contribution in [0, 0.1) is 5.92 Å². The number of anilines is 1. The maximum absolute atomic E-state index is 13.3. The fourth-order valence-corrected chi connectivity index (χ4v) is 3.79. The van der Waals surface area contributed by atoms with E-state index in [2.05, 4.69) is 10.3 Å². The first-order valence-electron chi connectivity index (χ1n) is 8.30. The lowest BCUT2D eigenvalue weighted by molar-refractivity contribution is -0.0478. The second-order valence-electron chi connectivity index (χ2n) is 7.04. The van der Waals surface area contributed by atoms with E-state index in [0.29, 0.717) is 30.6 Å². The zero-order valence-corrected chi connectivity index (χ0v) is 13.5. The average Bonchev–Trinajstić information content (AvgIpc) is 2.46. The van der Waals surface area contributed by atoms with Gasteiger partial charge < -0.3 is 5.32 Å². The fourth-order valence-electron chi connectivity index (χ4n) is 3.79. The minimum atomic E-state index is -2.54. The van der Waals surface area contributed by atoms with Crippen molar-refractivity contribution in [2.75, 3.05) is 5.32 Å². The van der Waals surface area contributed by atoms with Crippen molar-refractivity contribution in [2.24, 2.45) is 5.92 Å². The first-order chi connectivity index (χ1) is 10.8. The molecule has 1 atom stereocenters. The number of hydrogen-bond acceptors (Lipinski definition) is 3. The molecule has 0 unspecified atom stereocenters. The highest BCUT2D eigenvalue weighted by molar-refractivity contribution is 5.46. The SMILES string of the molecule is CC(C)n1c(=O)[nH]c2c(c1=O)CC[C@H](C1CCC(F)(F)CC1)N2. The van der Waals surface area contributed by atoms with Crippen LogP contribution in [0.25, 0.3) is 0 Å². The Kier molecular flexibility index (Phi) is 4.06. The van der Waals surface area contributed by atoms with Gasteiger partial charge in [0.25, 0.3) is 5.56 Å². The van der Waals surface area contributed by atoms with E-state index in [4.69, 9.17) is 0 Å². The van der Waals surface area contributed by atoms with Crippen molar-refractivity contribution in [1.82, 2.24) is 9.55 Å². The highest BCUT2D eigenvalue weighted by atomic mass is 19.3. The quantitative estimate of drug-likeness (QED) is 0.877. The Balaban J connectivity index is 1.82. The van der Waals surface area contributed by atoms with Gasteiger partial charge in [-0.2, -0.15) is 0 Å². The Hall–Kier alpha value is -1.66. The molecular weight excluding hydrogens is 304 g/mol. The van der Waals surface area contributed by atoms with Crippen molar-refractivity contribution in [3.63, 3.8) is 0 Å². The number of hydrogen-bond donors (Lipinski definition) is 2. The van der Waals surface area contributed by atoms with Crippen molar-refractivity contribution in [1.29, 1.82) is 0 Å². The Bertz CT molecular complexity index is 698. The third-order valence-electron chi connectivity index (χ3n) is 5.11. The van der Waals surface area contributed by atoms with Gasteiger partial charge in [-0.25, -0.2) is 13.6 Å². The summed E-state index contributed by atoms with van der Waals surface area (Å²) in [4.78, 5) is 27.3. The molecule has 3 rings (SSSR count). The fraction of sp³-hybridized carbons (Fsp3) is 0.750. The van der Waals surface area contributed by atoms with Crippen molar-refractivity contribution in [3.05, 3.63) is 26.4 Å². The molecule has 1 aliphatic heterocycles. The van der Waals surface area contributed by atoms with E-state index in [1.807, 2.05) is 0 Å². The highest BCUT2D eigenvalue weighted by Gasteiger charge is 2.38. The second-order valence-corrected chi connectivity index (χ2v) is 7.04. The summed E-state index contributed by atoms with van der Waals surface area (Å²) in [6.07, 6.45) is 2.12. The lowest BCUT2D eigenvalue weighted by atomic mass is 9.79. The number of rotatable bonds is 2. The maximum atomic E-state index is 13.3. The van der Waals surface area contributed by atoms with Gasteiger partial charge in [0.1, 0.15) is 5.82 Å². The smallest absolute Gasteiger partial charge is 0.330 e. The molecule has 2 heterocycles. The molecule has 2 N–H and O–H groups in total. The van der Waals surface area contributed by atoms with Crippen LogP contribution >= 0.6 is 0 Å². The number of nitrogens with zero attached hydrogens (tertiary/aromatic N) is 1. The molecule has 0 amide bonds. The van der Waals surface area contributed by atoms with Crippen molar-refractivity contribution < 1.29 is 8.78 Å². The van der Waals surface area contributed by atoms with Gasteiger partial charge in [0.2, 0.25) is 5.92 Å². The minimum absolute atomic E-state index is 0.0450. The van der Waals surface area contributed by atoms with Crippen LogP contribution in [0.2, 0.25) is 0 Å². The van der Waals surface area contributed by atoms with Crippen LogP contribution in [-0.2, 0) is 6.42 Å². The molecule has 0 aromatic carbocycles. The molecule has 0 bridgehead atoms. The molecule has 1 saturated carbocycles. The average molecular weight is 327 g/mol. The molecule has 5 nitrogen and oxygen atoms in total. The standard InChI is InChI=1S/C16H23F2N3O2/c1-9(2)21-14(22)11-3-4-12(19-13(11)20-15(21)23)10-5-7-16(17,18)8-6-10/h9-10,12,19H,3-8H2,1-2H3,(H,20,23)/t12-/m1/s1.